The molecular weight excluding hydrogens is 330 g/mol. The smallest absolute Gasteiger partial charge is 0.324 e. The average molecular weight is 353 g/mol. The summed E-state index contributed by atoms with van der Waals surface area (Å²) in [5.41, 5.74) is 2.87. The molecule has 0 fully saturated rings. The molecule has 1 heterocycles. The molecule has 1 unspecified atom stereocenters. The minimum absolute atomic E-state index is 0.137. The first-order chi connectivity index (χ1) is 11.2. The number of hydrogen-bond acceptors (Lipinski definition) is 5. The number of benzene rings is 1. The van der Waals surface area contributed by atoms with E-state index in [1.165, 1.54) is 12.5 Å². The molecule has 0 amide bonds. The van der Waals surface area contributed by atoms with E-state index in [0.717, 1.165) is 24.7 Å². The van der Waals surface area contributed by atoms with Gasteiger partial charge in [0.15, 0.2) is 14.6 Å². The van der Waals surface area contributed by atoms with E-state index < -0.39 is 26.7 Å². The zero-order chi connectivity index (χ0) is 18.0. The minimum Gasteiger partial charge on any atom is -0.480 e. The molecule has 132 valence electrons. The van der Waals surface area contributed by atoms with E-state index in [9.17, 15) is 18.3 Å². The Kier molecular flexibility index (Phi) is 5.32. The maximum atomic E-state index is 11.9. The number of oxime groups is 1. The number of hydrogen-bond donors (Lipinski definition) is 1. The molecule has 0 saturated carbocycles. The third-order valence-electron chi connectivity index (χ3n) is 4.45. The first kappa shape index (κ1) is 18.4. The number of sulfone groups is 1. The molecule has 0 aromatic heterocycles. The van der Waals surface area contributed by atoms with Crippen LogP contribution in [0.3, 0.4) is 0 Å². The van der Waals surface area contributed by atoms with E-state index in [1.54, 1.807) is 0 Å². The first-order valence-corrected chi connectivity index (χ1v) is 9.81. The molecule has 1 aromatic rings. The van der Waals surface area contributed by atoms with Gasteiger partial charge in [-0.1, -0.05) is 42.8 Å². The first-order valence-electron chi connectivity index (χ1n) is 7.92. The summed E-state index contributed by atoms with van der Waals surface area (Å²) in [5, 5.41) is 13.3. The van der Waals surface area contributed by atoms with Gasteiger partial charge in [-0.15, -0.1) is 0 Å². The lowest BCUT2D eigenvalue weighted by atomic mass is 9.96. The van der Waals surface area contributed by atoms with Crippen LogP contribution < -0.4 is 0 Å². The van der Waals surface area contributed by atoms with Crippen molar-refractivity contribution in [2.75, 3.05) is 6.26 Å². The number of rotatable bonds is 7. The fourth-order valence-corrected chi connectivity index (χ4v) is 3.50. The standard InChI is InChI=1S/C17H23NO5S/c1-4-5-12-6-8-13(9-7-12)15-10-14(23-18-15)11-17(2,16(19)20)24(3,21)22/h6-9,14H,4-5,10-11H2,1-3H3,(H,19,20)/t14-,17?/m1/s1. The summed E-state index contributed by atoms with van der Waals surface area (Å²) in [6, 6.07) is 7.99. The van der Waals surface area contributed by atoms with Gasteiger partial charge in [0, 0.05) is 19.1 Å². The lowest BCUT2D eigenvalue weighted by Crippen LogP contribution is -2.45. The number of carbonyl (C=O) groups is 1. The van der Waals surface area contributed by atoms with Crippen LogP contribution in [0.1, 0.15) is 44.2 Å². The number of nitrogens with zero attached hydrogens (tertiary/aromatic N) is 1. The maximum Gasteiger partial charge on any atom is 0.324 e. The van der Waals surface area contributed by atoms with Gasteiger partial charge in [0.05, 0.1) is 5.71 Å². The molecule has 1 N–H and O–H groups in total. The van der Waals surface area contributed by atoms with Crippen molar-refractivity contribution in [3.63, 3.8) is 0 Å². The Hall–Kier alpha value is -1.89. The molecule has 0 saturated heterocycles. The highest BCUT2D eigenvalue weighted by molar-refractivity contribution is 7.92. The summed E-state index contributed by atoms with van der Waals surface area (Å²) in [6.07, 6.45) is 2.71. The molecule has 0 radical (unpaired) electrons. The molecule has 24 heavy (non-hydrogen) atoms. The van der Waals surface area contributed by atoms with Crippen LogP contribution in [0.4, 0.5) is 0 Å². The summed E-state index contributed by atoms with van der Waals surface area (Å²) < 4.78 is 21.8. The van der Waals surface area contributed by atoms with Gasteiger partial charge in [0.1, 0.15) is 6.10 Å². The summed E-state index contributed by atoms with van der Waals surface area (Å²) in [4.78, 5) is 16.7. The molecule has 0 spiro atoms. The van der Waals surface area contributed by atoms with Gasteiger partial charge in [-0.25, -0.2) is 8.42 Å². The second-order valence-electron chi connectivity index (χ2n) is 6.43. The highest BCUT2D eigenvalue weighted by Crippen LogP contribution is 2.29. The van der Waals surface area contributed by atoms with Crippen LogP contribution in [-0.4, -0.2) is 42.3 Å². The molecule has 1 aromatic carbocycles. The van der Waals surface area contributed by atoms with Crippen molar-refractivity contribution in [3.8, 4) is 0 Å². The zero-order valence-electron chi connectivity index (χ0n) is 14.2. The molecule has 1 aliphatic heterocycles. The molecule has 6 nitrogen and oxygen atoms in total. The summed E-state index contributed by atoms with van der Waals surface area (Å²) in [7, 11) is -3.78. The highest BCUT2D eigenvalue weighted by Gasteiger charge is 2.47. The highest BCUT2D eigenvalue weighted by atomic mass is 32.2. The fraction of sp³-hybridized carbons (Fsp3) is 0.529. The summed E-state index contributed by atoms with van der Waals surface area (Å²) in [6.45, 7) is 3.33. The Morgan fingerprint density at radius 1 is 1.38 bits per heavy atom. The largest absolute Gasteiger partial charge is 0.480 e. The van der Waals surface area contributed by atoms with Crippen LogP contribution in [0.5, 0.6) is 0 Å². The third kappa shape index (κ3) is 3.77. The summed E-state index contributed by atoms with van der Waals surface area (Å²) >= 11 is 0. The van der Waals surface area contributed by atoms with Gasteiger partial charge in [0.2, 0.25) is 0 Å². The Labute approximate surface area is 142 Å². The normalized spacial score (nSPS) is 20.1. The van der Waals surface area contributed by atoms with Crippen LogP contribution >= 0.6 is 0 Å². The molecule has 1 aliphatic rings. The summed E-state index contributed by atoms with van der Waals surface area (Å²) in [5.74, 6) is -1.37. The lowest BCUT2D eigenvalue weighted by molar-refractivity contribution is -0.140. The van der Waals surface area contributed by atoms with E-state index in [0.29, 0.717) is 12.1 Å². The van der Waals surface area contributed by atoms with Crippen molar-refractivity contribution in [1.82, 2.24) is 0 Å². The van der Waals surface area contributed by atoms with E-state index in [2.05, 4.69) is 12.1 Å². The van der Waals surface area contributed by atoms with Crippen molar-refractivity contribution in [2.24, 2.45) is 5.16 Å². The quantitative estimate of drug-likeness (QED) is 0.812. The second-order valence-corrected chi connectivity index (χ2v) is 8.87. The van der Waals surface area contributed by atoms with Crippen LogP contribution in [0.2, 0.25) is 0 Å². The third-order valence-corrected chi connectivity index (χ3v) is 6.42. The van der Waals surface area contributed by atoms with Crippen molar-refractivity contribution < 1.29 is 23.2 Å². The maximum absolute atomic E-state index is 11.9. The van der Waals surface area contributed by atoms with Crippen LogP contribution in [0.15, 0.2) is 29.4 Å². The predicted molar refractivity (Wildman–Crippen MR) is 92.0 cm³/mol. The monoisotopic (exact) mass is 353 g/mol. The van der Waals surface area contributed by atoms with Crippen LogP contribution in [-0.2, 0) is 25.9 Å². The molecule has 0 bridgehead atoms. The van der Waals surface area contributed by atoms with E-state index in [1.807, 2.05) is 24.3 Å². The predicted octanol–water partition coefficient (Wildman–Crippen LogP) is 2.41. The Morgan fingerprint density at radius 3 is 2.50 bits per heavy atom. The van der Waals surface area contributed by atoms with Gasteiger partial charge in [-0.2, -0.15) is 0 Å². The van der Waals surface area contributed by atoms with Gasteiger partial charge in [-0.3, -0.25) is 4.79 Å². The second kappa shape index (κ2) is 6.93. The number of carboxylic acids is 1. The zero-order valence-corrected chi connectivity index (χ0v) is 15.0. The van der Waals surface area contributed by atoms with Gasteiger partial charge in [0.25, 0.3) is 0 Å². The van der Waals surface area contributed by atoms with Crippen LogP contribution in [0, 0.1) is 0 Å². The molecule has 0 aliphatic carbocycles. The molecule has 2 atom stereocenters. The average Bonchev–Trinajstić information content (AvgIpc) is 2.95. The van der Waals surface area contributed by atoms with Gasteiger partial charge >= 0.3 is 5.97 Å². The van der Waals surface area contributed by atoms with E-state index in [4.69, 9.17) is 4.84 Å². The number of aryl methyl sites for hydroxylation is 1. The Morgan fingerprint density at radius 2 is 2.00 bits per heavy atom. The minimum atomic E-state index is -3.78. The van der Waals surface area contributed by atoms with Crippen molar-refractivity contribution in [3.05, 3.63) is 35.4 Å². The van der Waals surface area contributed by atoms with Crippen LogP contribution in [0.25, 0.3) is 0 Å². The van der Waals surface area contributed by atoms with Gasteiger partial charge in [-0.05, 0) is 24.5 Å². The number of aliphatic carboxylic acids is 1. The van der Waals surface area contributed by atoms with E-state index >= 15 is 0 Å². The molecule has 2 rings (SSSR count). The number of carboxylic acid groups (broad SMARTS) is 1. The SMILES string of the molecule is CCCc1ccc(C2=NO[C@@H](CC(C)(C(=O)O)S(C)(=O)=O)C2)cc1. The van der Waals surface area contributed by atoms with E-state index in [-0.39, 0.29) is 6.42 Å². The topological polar surface area (TPSA) is 93.0 Å². The Balaban J connectivity index is 2.08. The van der Waals surface area contributed by atoms with Crippen molar-refractivity contribution in [1.29, 1.82) is 0 Å². The molecular formula is C17H23NO5S. The fourth-order valence-electron chi connectivity index (χ4n) is 2.69. The lowest BCUT2D eigenvalue weighted by Gasteiger charge is -2.24. The van der Waals surface area contributed by atoms with Crippen molar-refractivity contribution >= 4 is 21.5 Å². The van der Waals surface area contributed by atoms with Crippen molar-refractivity contribution in [2.45, 2.75) is 50.4 Å². The molecule has 7 heteroatoms. The Bertz CT molecular complexity index is 739. The van der Waals surface area contributed by atoms with Gasteiger partial charge < -0.3 is 9.94 Å².